The molecule has 0 radical (unpaired) electrons. The van der Waals surface area contributed by atoms with Gasteiger partial charge in [0.05, 0.1) is 11.6 Å². The SMILES string of the molecule is N#Cc1ccc(CN2CCC(C(=O)c3ccccc3)CC2)c(F)c1. The lowest BCUT2D eigenvalue weighted by Crippen LogP contribution is -2.36. The number of nitrogens with zero attached hydrogens (tertiary/aromatic N) is 2. The van der Waals surface area contributed by atoms with Crippen molar-refractivity contribution in [1.29, 1.82) is 5.26 Å². The number of hydrogen-bond donors (Lipinski definition) is 0. The van der Waals surface area contributed by atoms with Crippen molar-refractivity contribution in [3.05, 3.63) is 71.0 Å². The molecule has 0 spiro atoms. The van der Waals surface area contributed by atoms with Gasteiger partial charge in [-0.3, -0.25) is 9.69 Å². The molecule has 1 saturated heterocycles. The summed E-state index contributed by atoms with van der Waals surface area (Å²) >= 11 is 0. The van der Waals surface area contributed by atoms with Gasteiger partial charge in [0, 0.05) is 23.6 Å². The number of piperidine rings is 1. The zero-order valence-electron chi connectivity index (χ0n) is 13.4. The molecule has 0 saturated carbocycles. The predicted octanol–water partition coefficient (Wildman–Crippen LogP) is 3.79. The maximum atomic E-state index is 14.0. The van der Waals surface area contributed by atoms with E-state index in [1.165, 1.54) is 6.07 Å². The van der Waals surface area contributed by atoms with Crippen LogP contribution in [0.25, 0.3) is 0 Å². The van der Waals surface area contributed by atoms with Crippen molar-refractivity contribution >= 4 is 5.78 Å². The molecule has 2 aromatic rings. The first-order valence-electron chi connectivity index (χ1n) is 8.17. The fourth-order valence-electron chi connectivity index (χ4n) is 3.18. The van der Waals surface area contributed by atoms with Gasteiger partial charge in [0.25, 0.3) is 0 Å². The molecule has 1 aliphatic rings. The molecule has 0 N–H and O–H groups in total. The lowest BCUT2D eigenvalue weighted by molar-refractivity contribution is 0.0834. The second-order valence-corrected chi connectivity index (χ2v) is 6.20. The minimum Gasteiger partial charge on any atom is -0.299 e. The Kier molecular flexibility index (Phi) is 5.02. The largest absolute Gasteiger partial charge is 0.299 e. The summed E-state index contributed by atoms with van der Waals surface area (Å²) in [5, 5.41) is 8.79. The zero-order valence-corrected chi connectivity index (χ0v) is 13.4. The Bertz CT molecular complexity index is 759. The number of carbonyl (C=O) groups excluding carboxylic acids is 1. The summed E-state index contributed by atoms with van der Waals surface area (Å²) in [7, 11) is 0. The lowest BCUT2D eigenvalue weighted by atomic mass is 9.89. The van der Waals surface area contributed by atoms with Crippen LogP contribution in [0.15, 0.2) is 48.5 Å². The smallest absolute Gasteiger partial charge is 0.166 e. The number of Topliss-reactive ketones (excluding diaryl/α,β-unsaturated/α-hetero) is 1. The Morgan fingerprint density at radius 2 is 1.88 bits per heavy atom. The topological polar surface area (TPSA) is 44.1 Å². The molecule has 3 rings (SSSR count). The van der Waals surface area contributed by atoms with Crippen LogP contribution >= 0.6 is 0 Å². The van der Waals surface area contributed by atoms with Crippen molar-refractivity contribution in [2.45, 2.75) is 19.4 Å². The number of benzene rings is 2. The highest BCUT2D eigenvalue weighted by atomic mass is 19.1. The molecule has 0 aromatic heterocycles. The Morgan fingerprint density at radius 3 is 2.50 bits per heavy atom. The Hall–Kier alpha value is -2.51. The number of carbonyl (C=O) groups is 1. The summed E-state index contributed by atoms with van der Waals surface area (Å²) in [6, 6.07) is 15.9. The van der Waals surface area contributed by atoms with Crippen LogP contribution in [0.3, 0.4) is 0 Å². The van der Waals surface area contributed by atoms with Crippen LogP contribution in [0.2, 0.25) is 0 Å². The summed E-state index contributed by atoms with van der Waals surface area (Å²) in [5.74, 6) is -0.0780. The number of hydrogen-bond acceptors (Lipinski definition) is 3. The highest BCUT2D eigenvalue weighted by Gasteiger charge is 2.26. The standard InChI is InChI=1S/C20H19FN2O/c21-19-12-15(13-22)6-7-18(19)14-23-10-8-17(9-11-23)20(24)16-4-2-1-3-5-16/h1-7,12,17H,8-11,14H2. The van der Waals surface area contributed by atoms with Crippen molar-refractivity contribution in [1.82, 2.24) is 4.90 Å². The van der Waals surface area contributed by atoms with Gasteiger partial charge in [-0.05, 0) is 38.1 Å². The molecule has 3 nitrogen and oxygen atoms in total. The first-order chi connectivity index (χ1) is 11.7. The first kappa shape index (κ1) is 16.4. The third-order valence-corrected chi connectivity index (χ3v) is 4.59. The Balaban J connectivity index is 1.58. The molecule has 24 heavy (non-hydrogen) atoms. The van der Waals surface area contributed by atoms with Crippen LogP contribution in [-0.4, -0.2) is 23.8 Å². The van der Waals surface area contributed by atoms with Crippen LogP contribution in [0.4, 0.5) is 4.39 Å². The second-order valence-electron chi connectivity index (χ2n) is 6.20. The summed E-state index contributed by atoms with van der Waals surface area (Å²) < 4.78 is 14.0. The summed E-state index contributed by atoms with van der Waals surface area (Å²) in [6.45, 7) is 2.08. The van der Waals surface area contributed by atoms with Crippen molar-refractivity contribution in [2.24, 2.45) is 5.92 Å². The monoisotopic (exact) mass is 322 g/mol. The Labute approximate surface area is 141 Å². The molecule has 0 bridgehead atoms. The number of halogens is 1. The van der Waals surface area contributed by atoms with E-state index in [0.717, 1.165) is 31.5 Å². The summed E-state index contributed by atoms with van der Waals surface area (Å²) in [4.78, 5) is 14.6. The van der Waals surface area contributed by atoms with E-state index in [4.69, 9.17) is 5.26 Å². The third-order valence-electron chi connectivity index (χ3n) is 4.59. The fourth-order valence-corrected chi connectivity index (χ4v) is 3.18. The molecule has 1 aliphatic heterocycles. The van der Waals surface area contributed by atoms with Gasteiger partial charge in [-0.15, -0.1) is 0 Å². The van der Waals surface area contributed by atoms with Crippen LogP contribution < -0.4 is 0 Å². The van der Waals surface area contributed by atoms with Crippen LogP contribution in [0.1, 0.15) is 34.3 Å². The average molecular weight is 322 g/mol. The molecule has 0 atom stereocenters. The molecule has 1 heterocycles. The normalized spacial score (nSPS) is 15.8. The number of rotatable bonds is 4. The molecule has 0 amide bonds. The first-order valence-corrected chi connectivity index (χ1v) is 8.17. The van der Waals surface area contributed by atoms with Gasteiger partial charge in [-0.25, -0.2) is 4.39 Å². The van der Waals surface area contributed by atoms with Crippen LogP contribution in [-0.2, 0) is 6.54 Å². The van der Waals surface area contributed by atoms with E-state index < -0.39 is 0 Å². The number of ketones is 1. The molecule has 122 valence electrons. The molecule has 2 aromatic carbocycles. The van der Waals surface area contributed by atoms with E-state index in [1.807, 2.05) is 36.4 Å². The molecular formula is C20H19FN2O. The summed E-state index contributed by atoms with van der Waals surface area (Å²) in [5.41, 5.74) is 1.71. The van der Waals surface area contributed by atoms with Gasteiger partial charge in [0.2, 0.25) is 0 Å². The lowest BCUT2D eigenvalue weighted by Gasteiger charge is -2.31. The zero-order chi connectivity index (χ0) is 16.9. The van der Waals surface area contributed by atoms with E-state index in [2.05, 4.69) is 4.90 Å². The second kappa shape index (κ2) is 7.37. The van der Waals surface area contributed by atoms with E-state index in [1.54, 1.807) is 12.1 Å². The quantitative estimate of drug-likeness (QED) is 0.804. The maximum Gasteiger partial charge on any atom is 0.166 e. The van der Waals surface area contributed by atoms with Crippen molar-refractivity contribution < 1.29 is 9.18 Å². The van der Waals surface area contributed by atoms with E-state index in [9.17, 15) is 9.18 Å². The van der Waals surface area contributed by atoms with Gasteiger partial charge in [-0.1, -0.05) is 36.4 Å². The van der Waals surface area contributed by atoms with Crippen molar-refractivity contribution in [2.75, 3.05) is 13.1 Å². The van der Waals surface area contributed by atoms with Gasteiger partial charge < -0.3 is 0 Å². The summed E-state index contributed by atoms with van der Waals surface area (Å²) in [6.07, 6.45) is 1.59. The molecule has 4 heteroatoms. The highest BCUT2D eigenvalue weighted by Crippen LogP contribution is 2.23. The maximum absolute atomic E-state index is 14.0. The van der Waals surface area contributed by atoms with Gasteiger partial charge >= 0.3 is 0 Å². The van der Waals surface area contributed by atoms with Crippen LogP contribution in [0.5, 0.6) is 0 Å². The minimum atomic E-state index is -0.337. The van der Waals surface area contributed by atoms with Gasteiger partial charge in [0.15, 0.2) is 5.78 Å². The minimum absolute atomic E-state index is 0.0504. The molecule has 0 unspecified atom stereocenters. The van der Waals surface area contributed by atoms with Crippen molar-refractivity contribution in [3.8, 4) is 6.07 Å². The fraction of sp³-hybridized carbons (Fsp3) is 0.300. The van der Waals surface area contributed by atoms with Gasteiger partial charge in [0.1, 0.15) is 5.82 Å². The number of nitriles is 1. The number of likely N-dealkylation sites (tertiary alicyclic amines) is 1. The highest BCUT2D eigenvalue weighted by molar-refractivity contribution is 5.97. The molecule has 1 fully saturated rings. The van der Waals surface area contributed by atoms with Crippen LogP contribution in [0, 0.1) is 23.1 Å². The van der Waals surface area contributed by atoms with E-state index in [0.29, 0.717) is 17.7 Å². The average Bonchev–Trinajstić information content (AvgIpc) is 2.64. The molecular weight excluding hydrogens is 303 g/mol. The third kappa shape index (κ3) is 3.69. The van der Waals surface area contributed by atoms with Crippen molar-refractivity contribution in [3.63, 3.8) is 0 Å². The predicted molar refractivity (Wildman–Crippen MR) is 89.9 cm³/mol. The van der Waals surface area contributed by atoms with Gasteiger partial charge in [-0.2, -0.15) is 5.26 Å². The van der Waals surface area contributed by atoms with E-state index in [-0.39, 0.29) is 17.5 Å². The Morgan fingerprint density at radius 1 is 1.17 bits per heavy atom. The molecule has 0 aliphatic carbocycles. The van der Waals surface area contributed by atoms with E-state index >= 15 is 0 Å².